The summed E-state index contributed by atoms with van der Waals surface area (Å²) in [6.45, 7) is 6.22. The highest BCUT2D eigenvalue weighted by atomic mass is 32.1. The number of morpholine rings is 1. The molecule has 0 bridgehead atoms. The van der Waals surface area contributed by atoms with E-state index in [2.05, 4.69) is 23.1 Å². The molecular weight excluding hydrogens is 236 g/mol. The summed E-state index contributed by atoms with van der Waals surface area (Å²) in [6.07, 6.45) is 3.87. The van der Waals surface area contributed by atoms with Gasteiger partial charge < -0.3 is 10.5 Å². The molecule has 2 heterocycles. The standard InChI is InChI=1S/C11H18N4OS/c1-2-15-7-9(5-13-15)6-14-3-4-16-10(8-14)11(12)17/h5,7,10H,2-4,6,8H2,1H3,(H2,12,17). The second kappa shape index (κ2) is 5.57. The first-order valence-electron chi connectivity index (χ1n) is 5.83. The molecule has 1 aromatic heterocycles. The minimum atomic E-state index is -0.111. The molecule has 94 valence electrons. The van der Waals surface area contributed by atoms with Crippen LogP contribution >= 0.6 is 12.2 Å². The lowest BCUT2D eigenvalue weighted by molar-refractivity contribution is 0.00390. The van der Waals surface area contributed by atoms with E-state index in [-0.39, 0.29) is 6.10 Å². The number of thiocarbonyl (C=S) groups is 1. The molecule has 0 radical (unpaired) electrons. The van der Waals surface area contributed by atoms with Crippen molar-refractivity contribution in [1.82, 2.24) is 14.7 Å². The molecule has 2 rings (SSSR count). The number of ether oxygens (including phenoxy) is 1. The molecule has 2 N–H and O–H groups in total. The minimum Gasteiger partial charge on any atom is -0.391 e. The van der Waals surface area contributed by atoms with Gasteiger partial charge in [-0.2, -0.15) is 5.10 Å². The van der Waals surface area contributed by atoms with Gasteiger partial charge in [0.2, 0.25) is 0 Å². The summed E-state index contributed by atoms with van der Waals surface area (Å²) in [4.78, 5) is 2.74. The molecule has 0 spiro atoms. The summed E-state index contributed by atoms with van der Waals surface area (Å²) >= 11 is 4.97. The fraction of sp³-hybridized carbons (Fsp3) is 0.636. The van der Waals surface area contributed by atoms with Crippen molar-refractivity contribution in [3.8, 4) is 0 Å². The lowest BCUT2D eigenvalue weighted by Gasteiger charge is -2.31. The highest BCUT2D eigenvalue weighted by Gasteiger charge is 2.22. The topological polar surface area (TPSA) is 56.3 Å². The summed E-state index contributed by atoms with van der Waals surface area (Å²) in [5, 5.41) is 4.26. The van der Waals surface area contributed by atoms with Crippen LogP contribution in [0.15, 0.2) is 12.4 Å². The first kappa shape index (κ1) is 12.5. The van der Waals surface area contributed by atoms with Crippen molar-refractivity contribution < 1.29 is 4.74 Å². The largest absolute Gasteiger partial charge is 0.391 e. The van der Waals surface area contributed by atoms with Crippen LogP contribution in [0.1, 0.15) is 12.5 Å². The monoisotopic (exact) mass is 254 g/mol. The van der Waals surface area contributed by atoms with Crippen LogP contribution in [-0.4, -0.2) is 45.5 Å². The van der Waals surface area contributed by atoms with Crippen molar-refractivity contribution in [3.05, 3.63) is 18.0 Å². The van der Waals surface area contributed by atoms with Gasteiger partial charge in [-0.3, -0.25) is 9.58 Å². The maximum Gasteiger partial charge on any atom is 0.120 e. The zero-order chi connectivity index (χ0) is 12.3. The van der Waals surface area contributed by atoms with Gasteiger partial charge in [0.15, 0.2) is 0 Å². The molecule has 1 aliphatic heterocycles. The lowest BCUT2D eigenvalue weighted by Crippen LogP contribution is -2.47. The summed E-state index contributed by atoms with van der Waals surface area (Å²) in [6, 6.07) is 0. The van der Waals surface area contributed by atoms with Crippen LogP contribution in [0.5, 0.6) is 0 Å². The average Bonchev–Trinajstić information content (AvgIpc) is 2.77. The lowest BCUT2D eigenvalue weighted by atomic mass is 10.2. The average molecular weight is 254 g/mol. The number of hydrogen-bond acceptors (Lipinski definition) is 4. The van der Waals surface area contributed by atoms with E-state index in [1.807, 2.05) is 10.9 Å². The van der Waals surface area contributed by atoms with Crippen molar-refractivity contribution in [2.45, 2.75) is 26.1 Å². The molecule has 1 unspecified atom stereocenters. The summed E-state index contributed by atoms with van der Waals surface area (Å²) in [5.41, 5.74) is 6.83. The predicted molar refractivity (Wildman–Crippen MR) is 69.7 cm³/mol. The van der Waals surface area contributed by atoms with Crippen LogP contribution in [0.25, 0.3) is 0 Å². The van der Waals surface area contributed by atoms with Crippen LogP contribution in [0.3, 0.4) is 0 Å². The van der Waals surface area contributed by atoms with Gasteiger partial charge in [0.1, 0.15) is 11.1 Å². The Hall–Kier alpha value is -0.980. The Morgan fingerprint density at radius 3 is 3.18 bits per heavy atom. The van der Waals surface area contributed by atoms with E-state index in [1.54, 1.807) is 0 Å². The van der Waals surface area contributed by atoms with Crippen LogP contribution in [0.2, 0.25) is 0 Å². The Kier molecular flexibility index (Phi) is 4.09. The normalized spacial score (nSPS) is 21.6. The molecule has 1 fully saturated rings. The summed E-state index contributed by atoms with van der Waals surface area (Å²) in [5.74, 6) is 0. The van der Waals surface area contributed by atoms with E-state index < -0.39 is 0 Å². The van der Waals surface area contributed by atoms with Gasteiger partial charge in [-0.05, 0) is 6.92 Å². The second-order valence-corrected chi connectivity index (χ2v) is 4.67. The molecule has 0 aliphatic carbocycles. The molecule has 1 saturated heterocycles. The van der Waals surface area contributed by atoms with Gasteiger partial charge >= 0.3 is 0 Å². The van der Waals surface area contributed by atoms with E-state index in [0.29, 0.717) is 11.6 Å². The van der Waals surface area contributed by atoms with E-state index in [9.17, 15) is 0 Å². The maximum atomic E-state index is 5.61. The van der Waals surface area contributed by atoms with Gasteiger partial charge in [-0.15, -0.1) is 0 Å². The Morgan fingerprint density at radius 2 is 2.53 bits per heavy atom. The highest BCUT2D eigenvalue weighted by molar-refractivity contribution is 7.80. The fourth-order valence-electron chi connectivity index (χ4n) is 1.94. The highest BCUT2D eigenvalue weighted by Crippen LogP contribution is 2.10. The number of aromatic nitrogens is 2. The molecule has 0 aromatic carbocycles. The molecule has 1 aliphatic rings. The van der Waals surface area contributed by atoms with E-state index >= 15 is 0 Å². The first-order valence-corrected chi connectivity index (χ1v) is 6.24. The molecule has 0 amide bonds. The quantitative estimate of drug-likeness (QED) is 0.788. The van der Waals surface area contributed by atoms with Crippen LogP contribution in [0, 0.1) is 0 Å². The van der Waals surface area contributed by atoms with Gasteiger partial charge in [0, 0.05) is 37.9 Å². The van der Waals surface area contributed by atoms with Gasteiger partial charge in [-0.25, -0.2) is 0 Å². The smallest absolute Gasteiger partial charge is 0.120 e. The molecule has 1 aromatic rings. The third-order valence-corrected chi connectivity index (χ3v) is 3.15. The summed E-state index contributed by atoms with van der Waals surface area (Å²) < 4.78 is 7.44. The van der Waals surface area contributed by atoms with Crippen molar-refractivity contribution in [2.24, 2.45) is 5.73 Å². The van der Waals surface area contributed by atoms with Crippen molar-refractivity contribution >= 4 is 17.2 Å². The van der Waals surface area contributed by atoms with Crippen molar-refractivity contribution in [3.63, 3.8) is 0 Å². The zero-order valence-electron chi connectivity index (χ0n) is 10.0. The fourth-order valence-corrected chi connectivity index (χ4v) is 2.08. The molecule has 6 heteroatoms. The van der Waals surface area contributed by atoms with Crippen molar-refractivity contribution in [2.75, 3.05) is 19.7 Å². The predicted octanol–water partition coefficient (Wildman–Crippen LogP) is 0.390. The molecule has 5 nitrogen and oxygen atoms in total. The van der Waals surface area contributed by atoms with Gasteiger partial charge in [0.05, 0.1) is 12.8 Å². The number of nitrogens with zero attached hydrogens (tertiary/aromatic N) is 3. The number of aryl methyl sites for hydroxylation is 1. The SMILES string of the molecule is CCn1cc(CN2CCOC(C(N)=S)C2)cn1. The zero-order valence-corrected chi connectivity index (χ0v) is 10.8. The van der Waals surface area contributed by atoms with E-state index in [1.165, 1.54) is 5.56 Å². The Bertz CT molecular complexity index is 393. The molecule has 17 heavy (non-hydrogen) atoms. The molecule has 1 atom stereocenters. The number of hydrogen-bond donors (Lipinski definition) is 1. The first-order chi connectivity index (χ1) is 8.19. The van der Waals surface area contributed by atoms with E-state index in [4.69, 9.17) is 22.7 Å². The Balaban J connectivity index is 1.92. The molecular formula is C11H18N4OS. The third-order valence-electron chi connectivity index (χ3n) is 2.88. The number of nitrogens with two attached hydrogens (primary N) is 1. The van der Waals surface area contributed by atoms with E-state index in [0.717, 1.165) is 26.2 Å². The Morgan fingerprint density at radius 1 is 1.71 bits per heavy atom. The van der Waals surface area contributed by atoms with Crippen LogP contribution < -0.4 is 5.73 Å². The number of rotatable bonds is 4. The summed E-state index contributed by atoms with van der Waals surface area (Å²) in [7, 11) is 0. The minimum absolute atomic E-state index is 0.111. The third kappa shape index (κ3) is 3.24. The second-order valence-electron chi connectivity index (χ2n) is 4.20. The van der Waals surface area contributed by atoms with Crippen LogP contribution in [-0.2, 0) is 17.8 Å². The van der Waals surface area contributed by atoms with Crippen LogP contribution in [0.4, 0.5) is 0 Å². The molecule has 0 saturated carbocycles. The van der Waals surface area contributed by atoms with Gasteiger partial charge in [-0.1, -0.05) is 12.2 Å². The maximum absolute atomic E-state index is 5.61. The van der Waals surface area contributed by atoms with Crippen molar-refractivity contribution in [1.29, 1.82) is 0 Å². The Labute approximate surface area is 107 Å². The van der Waals surface area contributed by atoms with Gasteiger partial charge in [0.25, 0.3) is 0 Å².